The molecule has 0 aromatic rings. The van der Waals surface area contributed by atoms with Crippen LogP contribution in [0.15, 0.2) is 0 Å². The van der Waals surface area contributed by atoms with Crippen molar-refractivity contribution in [2.75, 3.05) is 6.54 Å². The quantitative estimate of drug-likeness (QED) is 0.735. The minimum absolute atomic E-state index is 0.138. The van der Waals surface area contributed by atoms with Crippen molar-refractivity contribution in [1.29, 1.82) is 0 Å². The molecule has 21 heavy (non-hydrogen) atoms. The molecule has 1 amide bonds. The van der Waals surface area contributed by atoms with E-state index in [2.05, 4.69) is 0 Å². The maximum absolute atomic E-state index is 13.2. The molecule has 1 heterocycles. The summed E-state index contributed by atoms with van der Waals surface area (Å²) in [5.74, 6) is -8.36. The first-order valence-electron chi connectivity index (χ1n) is 6.94. The Morgan fingerprint density at radius 1 is 1.05 bits per heavy atom. The van der Waals surface area contributed by atoms with Gasteiger partial charge in [0.05, 0.1) is 0 Å². The van der Waals surface area contributed by atoms with Gasteiger partial charge >= 0.3 is 18.0 Å². The molecule has 0 radical (unpaired) electrons. The van der Waals surface area contributed by atoms with Gasteiger partial charge in [-0.1, -0.05) is 6.42 Å². The van der Waals surface area contributed by atoms with Crippen LogP contribution in [0.4, 0.5) is 22.0 Å². The standard InChI is InChI=1S/C13H16F5NO2/c14-12(15,13(16,17)18)11(21)19-7-3-5-9(19)8-4-1-2-6-10(8)20/h8-9H,1-7H2. The number of halogens is 5. The van der Waals surface area contributed by atoms with E-state index in [0.29, 0.717) is 37.0 Å². The van der Waals surface area contributed by atoms with E-state index < -0.39 is 30.0 Å². The lowest BCUT2D eigenvalue weighted by atomic mass is 9.81. The lowest BCUT2D eigenvalue weighted by Crippen LogP contribution is -2.55. The summed E-state index contributed by atoms with van der Waals surface area (Å²) in [7, 11) is 0. The summed E-state index contributed by atoms with van der Waals surface area (Å²) < 4.78 is 63.4. The number of amides is 1. The number of likely N-dealkylation sites (tertiary alicyclic amines) is 1. The first-order valence-corrected chi connectivity index (χ1v) is 6.94. The lowest BCUT2D eigenvalue weighted by molar-refractivity contribution is -0.275. The SMILES string of the molecule is O=C1CCCCC1C1CCCN1C(=O)C(F)(F)C(F)(F)F. The molecule has 2 atom stereocenters. The van der Waals surface area contributed by atoms with Gasteiger partial charge in [-0.3, -0.25) is 9.59 Å². The molecule has 0 spiro atoms. The van der Waals surface area contributed by atoms with E-state index in [1.807, 2.05) is 0 Å². The first kappa shape index (κ1) is 16.2. The van der Waals surface area contributed by atoms with Crippen molar-refractivity contribution in [2.45, 2.75) is 56.7 Å². The van der Waals surface area contributed by atoms with Crippen LogP contribution < -0.4 is 0 Å². The molecule has 2 fully saturated rings. The van der Waals surface area contributed by atoms with E-state index in [4.69, 9.17) is 0 Å². The van der Waals surface area contributed by atoms with Crippen molar-refractivity contribution in [3.63, 3.8) is 0 Å². The van der Waals surface area contributed by atoms with Gasteiger partial charge in [-0.2, -0.15) is 22.0 Å². The third kappa shape index (κ3) is 2.89. The second kappa shape index (κ2) is 5.53. The Bertz CT molecular complexity index is 435. The average Bonchev–Trinajstić information content (AvgIpc) is 2.85. The van der Waals surface area contributed by atoms with Crippen molar-refractivity contribution in [2.24, 2.45) is 5.92 Å². The van der Waals surface area contributed by atoms with Crippen LogP contribution in [0.25, 0.3) is 0 Å². The summed E-state index contributed by atoms with van der Waals surface area (Å²) in [6.45, 7) is -0.154. The highest BCUT2D eigenvalue weighted by molar-refractivity contribution is 5.87. The van der Waals surface area contributed by atoms with Crippen LogP contribution in [0, 0.1) is 5.92 Å². The maximum Gasteiger partial charge on any atom is 0.463 e. The number of carbonyl (C=O) groups is 2. The maximum atomic E-state index is 13.2. The molecule has 1 saturated carbocycles. The third-order valence-corrected chi connectivity index (χ3v) is 4.25. The summed E-state index contributed by atoms with van der Waals surface area (Å²) in [5, 5.41) is 0. The molecule has 1 saturated heterocycles. The van der Waals surface area contributed by atoms with Crippen LogP contribution in [0.3, 0.4) is 0 Å². The molecule has 1 aliphatic carbocycles. The van der Waals surface area contributed by atoms with Gasteiger partial charge in [-0.25, -0.2) is 0 Å². The van der Waals surface area contributed by atoms with Gasteiger partial charge in [0.2, 0.25) is 0 Å². The second-order valence-corrected chi connectivity index (χ2v) is 5.60. The van der Waals surface area contributed by atoms with Crippen LogP contribution in [0.5, 0.6) is 0 Å². The number of nitrogens with zero attached hydrogens (tertiary/aromatic N) is 1. The molecule has 1 aliphatic heterocycles. The van der Waals surface area contributed by atoms with Gasteiger partial charge in [-0.05, 0) is 25.7 Å². The first-order chi connectivity index (χ1) is 9.66. The fourth-order valence-corrected chi connectivity index (χ4v) is 3.18. The number of rotatable bonds is 2. The van der Waals surface area contributed by atoms with E-state index in [0.717, 1.165) is 6.42 Å². The smallest absolute Gasteiger partial charge is 0.333 e. The van der Waals surface area contributed by atoms with Crippen molar-refractivity contribution >= 4 is 11.7 Å². The van der Waals surface area contributed by atoms with E-state index in [9.17, 15) is 31.5 Å². The van der Waals surface area contributed by atoms with Gasteiger partial charge < -0.3 is 4.90 Å². The summed E-state index contributed by atoms with van der Waals surface area (Å²) in [4.78, 5) is 24.0. The van der Waals surface area contributed by atoms with Gasteiger partial charge in [0.1, 0.15) is 5.78 Å². The van der Waals surface area contributed by atoms with Crippen LogP contribution in [0.1, 0.15) is 38.5 Å². The predicted molar refractivity (Wildman–Crippen MR) is 62.7 cm³/mol. The van der Waals surface area contributed by atoms with E-state index in [-0.39, 0.29) is 12.3 Å². The number of ketones is 1. The molecule has 0 aromatic carbocycles. The van der Waals surface area contributed by atoms with Crippen LogP contribution in [0.2, 0.25) is 0 Å². The molecule has 2 rings (SSSR count). The lowest BCUT2D eigenvalue weighted by Gasteiger charge is -2.35. The molecular formula is C13H16F5NO2. The Labute approximate surface area is 118 Å². The molecule has 0 bridgehead atoms. The zero-order chi connectivity index (χ0) is 15.8. The Kier molecular flexibility index (Phi) is 4.26. The predicted octanol–water partition coefficient (Wildman–Crippen LogP) is 2.93. The summed E-state index contributed by atoms with van der Waals surface area (Å²) in [6, 6.07) is -0.821. The fraction of sp³-hybridized carbons (Fsp3) is 0.846. The molecular weight excluding hydrogens is 297 g/mol. The van der Waals surface area contributed by atoms with Gasteiger partial charge in [0.15, 0.2) is 0 Å². The Balaban J connectivity index is 2.18. The van der Waals surface area contributed by atoms with Crippen LogP contribution in [-0.2, 0) is 9.59 Å². The molecule has 3 nitrogen and oxygen atoms in total. The topological polar surface area (TPSA) is 37.4 Å². The molecule has 120 valence electrons. The number of alkyl halides is 5. The van der Waals surface area contributed by atoms with Gasteiger partial charge in [-0.15, -0.1) is 0 Å². The highest BCUT2D eigenvalue weighted by Crippen LogP contribution is 2.40. The zero-order valence-electron chi connectivity index (χ0n) is 11.3. The number of hydrogen-bond acceptors (Lipinski definition) is 2. The summed E-state index contributed by atoms with van der Waals surface area (Å²) >= 11 is 0. The summed E-state index contributed by atoms with van der Waals surface area (Å²) in [5.41, 5.74) is 0. The molecule has 0 N–H and O–H groups in total. The van der Waals surface area contributed by atoms with Crippen LogP contribution in [-0.4, -0.2) is 41.3 Å². The van der Waals surface area contributed by atoms with Crippen molar-refractivity contribution < 1.29 is 31.5 Å². The normalized spacial score (nSPS) is 28.0. The Morgan fingerprint density at radius 2 is 1.71 bits per heavy atom. The second-order valence-electron chi connectivity index (χ2n) is 5.60. The zero-order valence-corrected chi connectivity index (χ0v) is 11.3. The third-order valence-electron chi connectivity index (χ3n) is 4.25. The highest BCUT2D eigenvalue weighted by Gasteiger charge is 2.65. The van der Waals surface area contributed by atoms with Crippen molar-refractivity contribution in [1.82, 2.24) is 4.90 Å². The minimum atomic E-state index is -5.91. The molecule has 8 heteroatoms. The molecule has 2 unspecified atom stereocenters. The highest BCUT2D eigenvalue weighted by atomic mass is 19.4. The number of Topliss-reactive ketones (excluding diaryl/α,β-unsaturated/α-hetero) is 1. The number of carbonyl (C=O) groups excluding carboxylic acids is 2. The molecule has 2 aliphatic rings. The Morgan fingerprint density at radius 3 is 2.29 bits per heavy atom. The monoisotopic (exact) mass is 313 g/mol. The average molecular weight is 313 g/mol. The van der Waals surface area contributed by atoms with Crippen molar-refractivity contribution in [3.05, 3.63) is 0 Å². The van der Waals surface area contributed by atoms with Gasteiger partial charge in [0.25, 0.3) is 0 Å². The van der Waals surface area contributed by atoms with Gasteiger partial charge in [0, 0.05) is 24.9 Å². The van der Waals surface area contributed by atoms with E-state index >= 15 is 0 Å². The fourth-order valence-electron chi connectivity index (χ4n) is 3.18. The van der Waals surface area contributed by atoms with Crippen LogP contribution >= 0.6 is 0 Å². The molecule has 0 aromatic heterocycles. The minimum Gasteiger partial charge on any atom is -0.333 e. The van der Waals surface area contributed by atoms with E-state index in [1.54, 1.807) is 0 Å². The van der Waals surface area contributed by atoms with E-state index in [1.165, 1.54) is 0 Å². The number of hydrogen-bond donors (Lipinski definition) is 0. The largest absolute Gasteiger partial charge is 0.463 e. The Hall–Kier alpha value is -1.21. The van der Waals surface area contributed by atoms with Crippen molar-refractivity contribution in [3.8, 4) is 0 Å². The summed E-state index contributed by atoms with van der Waals surface area (Å²) in [6.07, 6.45) is -3.08.